The first-order valence-electron chi connectivity index (χ1n) is 8.54. The number of aryl methyl sites for hydroxylation is 1. The van der Waals surface area contributed by atoms with Crippen LogP contribution in [-0.4, -0.2) is 29.1 Å². The zero-order valence-corrected chi connectivity index (χ0v) is 16.4. The molecule has 0 aliphatic carbocycles. The summed E-state index contributed by atoms with van der Waals surface area (Å²) in [6, 6.07) is 14.8. The van der Waals surface area contributed by atoms with Crippen LogP contribution < -0.4 is 21.5 Å². The molecule has 2 unspecified atom stereocenters. The van der Waals surface area contributed by atoms with E-state index in [0.717, 1.165) is 5.56 Å². The van der Waals surface area contributed by atoms with Crippen molar-refractivity contribution in [2.24, 2.45) is 0 Å². The lowest BCUT2D eigenvalue weighted by atomic mass is 10.0. The highest BCUT2D eigenvalue weighted by Gasteiger charge is 2.27. The second-order valence-corrected chi connectivity index (χ2v) is 7.76. The minimum absolute atomic E-state index is 0.0988. The number of rotatable bonds is 6. The van der Waals surface area contributed by atoms with Crippen LogP contribution in [0.5, 0.6) is 0 Å². The van der Waals surface area contributed by atoms with Gasteiger partial charge in [0, 0.05) is 0 Å². The first-order chi connectivity index (χ1) is 13.0. The Hall–Kier alpha value is -2.06. The molecule has 1 aliphatic rings. The maximum atomic E-state index is 12.3. The van der Waals surface area contributed by atoms with Gasteiger partial charge in [-0.15, -0.1) is 11.8 Å². The van der Waals surface area contributed by atoms with E-state index in [2.05, 4.69) is 21.5 Å². The maximum Gasteiger partial charge on any atom is 0.240 e. The van der Waals surface area contributed by atoms with Gasteiger partial charge in [0.1, 0.15) is 11.5 Å². The van der Waals surface area contributed by atoms with E-state index in [4.69, 9.17) is 11.6 Å². The molecule has 2 atom stereocenters. The average molecular weight is 405 g/mol. The summed E-state index contributed by atoms with van der Waals surface area (Å²) in [6.07, 6.45) is 0.587. The molecule has 1 fully saturated rings. The molecule has 6 nitrogen and oxygen atoms in total. The number of thioether (sulfide) groups is 1. The van der Waals surface area contributed by atoms with Gasteiger partial charge in [-0.25, -0.2) is 10.9 Å². The van der Waals surface area contributed by atoms with E-state index >= 15 is 0 Å². The van der Waals surface area contributed by atoms with Gasteiger partial charge in [-0.05, 0) is 31.0 Å². The Balaban J connectivity index is 1.44. The van der Waals surface area contributed by atoms with Crippen LogP contribution in [0.1, 0.15) is 11.1 Å². The number of hydrogen-bond donors (Lipinski definition) is 4. The molecule has 1 aliphatic heterocycles. The summed E-state index contributed by atoms with van der Waals surface area (Å²) in [4.78, 5) is 24.4. The van der Waals surface area contributed by atoms with Crippen LogP contribution in [0.4, 0.5) is 5.69 Å². The van der Waals surface area contributed by atoms with E-state index in [1.807, 2.05) is 31.2 Å². The van der Waals surface area contributed by atoms with Crippen LogP contribution in [0.2, 0.25) is 5.02 Å². The topological polar surface area (TPSA) is 82.3 Å². The Morgan fingerprint density at radius 3 is 2.59 bits per heavy atom. The van der Waals surface area contributed by atoms with E-state index in [9.17, 15) is 9.59 Å². The van der Waals surface area contributed by atoms with Crippen molar-refractivity contribution in [3.63, 3.8) is 0 Å². The van der Waals surface area contributed by atoms with Crippen LogP contribution in [-0.2, 0) is 16.0 Å². The molecule has 1 heterocycles. The fourth-order valence-electron chi connectivity index (χ4n) is 2.60. The summed E-state index contributed by atoms with van der Waals surface area (Å²) in [5, 5.41) is 6.11. The molecule has 8 heteroatoms. The summed E-state index contributed by atoms with van der Waals surface area (Å²) in [6.45, 7) is 2.03. The molecule has 0 aromatic heterocycles. The Kier molecular flexibility index (Phi) is 6.73. The number of hydrogen-bond acceptors (Lipinski definition) is 5. The van der Waals surface area contributed by atoms with Gasteiger partial charge in [0.15, 0.2) is 0 Å². The molecule has 0 radical (unpaired) electrons. The summed E-state index contributed by atoms with van der Waals surface area (Å²) >= 11 is 7.31. The second kappa shape index (κ2) is 9.23. The van der Waals surface area contributed by atoms with E-state index in [1.165, 1.54) is 17.3 Å². The van der Waals surface area contributed by atoms with Crippen molar-refractivity contribution in [2.75, 3.05) is 11.1 Å². The lowest BCUT2D eigenvalue weighted by Crippen LogP contribution is -2.64. The van der Waals surface area contributed by atoms with E-state index < -0.39 is 0 Å². The fourth-order valence-corrected chi connectivity index (χ4v) is 3.53. The predicted molar refractivity (Wildman–Crippen MR) is 109 cm³/mol. The van der Waals surface area contributed by atoms with Crippen molar-refractivity contribution in [1.82, 2.24) is 16.2 Å². The number of amides is 2. The van der Waals surface area contributed by atoms with Gasteiger partial charge < -0.3 is 10.6 Å². The number of hydrazine groups is 1. The fraction of sp³-hybridized carbons (Fsp3) is 0.263. The van der Waals surface area contributed by atoms with Crippen molar-refractivity contribution >= 4 is 40.9 Å². The molecular weight excluding hydrogens is 384 g/mol. The zero-order chi connectivity index (χ0) is 19.2. The van der Waals surface area contributed by atoms with Gasteiger partial charge in [0.05, 0.1) is 16.5 Å². The maximum absolute atomic E-state index is 12.3. The van der Waals surface area contributed by atoms with Gasteiger partial charge in [0.2, 0.25) is 11.8 Å². The molecule has 0 bridgehead atoms. The largest absolute Gasteiger partial charge is 0.329 e. The third-order valence-electron chi connectivity index (χ3n) is 4.07. The van der Waals surface area contributed by atoms with E-state index in [-0.39, 0.29) is 29.1 Å². The molecule has 4 N–H and O–H groups in total. The number of para-hydroxylation sites is 1. The molecule has 27 heavy (non-hydrogen) atoms. The van der Waals surface area contributed by atoms with Crippen LogP contribution >= 0.6 is 23.4 Å². The number of anilines is 1. The van der Waals surface area contributed by atoms with Crippen LogP contribution in [0, 0.1) is 6.92 Å². The quantitative estimate of drug-likeness (QED) is 0.594. The molecule has 1 saturated heterocycles. The molecule has 142 valence electrons. The molecular formula is C19H21ClN4O2S. The van der Waals surface area contributed by atoms with Crippen LogP contribution in [0.15, 0.2) is 48.5 Å². The first-order valence-corrected chi connectivity index (χ1v) is 9.97. The van der Waals surface area contributed by atoms with Crippen molar-refractivity contribution in [3.05, 3.63) is 64.7 Å². The molecule has 0 saturated carbocycles. The van der Waals surface area contributed by atoms with Gasteiger partial charge in [-0.1, -0.05) is 53.6 Å². The minimum Gasteiger partial charge on any atom is -0.329 e. The monoisotopic (exact) mass is 404 g/mol. The lowest BCUT2D eigenvalue weighted by Gasteiger charge is -2.31. The molecule has 2 aromatic carbocycles. The average Bonchev–Trinajstić information content (AvgIpc) is 2.66. The Bertz CT molecular complexity index is 816. The summed E-state index contributed by atoms with van der Waals surface area (Å²) < 4.78 is 0. The van der Waals surface area contributed by atoms with Crippen molar-refractivity contribution in [2.45, 2.75) is 24.9 Å². The second-order valence-electron chi connectivity index (χ2n) is 6.26. The smallest absolute Gasteiger partial charge is 0.240 e. The van der Waals surface area contributed by atoms with Gasteiger partial charge in [0.25, 0.3) is 0 Å². The number of carbonyl (C=O) groups excluding carboxylic acids is 2. The summed E-state index contributed by atoms with van der Waals surface area (Å²) in [7, 11) is 0. The normalized spacial score (nSPS) is 19.4. The predicted octanol–water partition coefficient (Wildman–Crippen LogP) is 2.44. The number of carbonyl (C=O) groups is 2. The van der Waals surface area contributed by atoms with Crippen LogP contribution in [0.3, 0.4) is 0 Å². The standard InChI is InChI=1S/C19H21ClN4O2S/c1-12-6-8-13(9-7-12)10-16-18(26)22-19(24-23-16)27-11-17(25)21-15-5-3-2-4-14(15)20/h2-9,16,19,23-24H,10-11H2,1H3,(H,21,25)(H,22,26). The van der Waals surface area contributed by atoms with Crippen LogP contribution in [0.25, 0.3) is 0 Å². The van der Waals surface area contributed by atoms with Crippen molar-refractivity contribution in [1.29, 1.82) is 0 Å². The molecule has 3 rings (SSSR count). The third kappa shape index (κ3) is 5.71. The van der Waals surface area contributed by atoms with E-state index in [1.54, 1.807) is 24.3 Å². The Labute approximate surface area is 167 Å². The minimum atomic E-state index is -0.385. The zero-order valence-electron chi connectivity index (χ0n) is 14.8. The van der Waals surface area contributed by atoms with E-state index in [0.29, 0.717) is 17.1 Å². The van der Waals surface area contributed by atoms with Gasteiger partial charge in [-0.2, -0.15) is 0 Å². The van der Waals surface area contributed by atoms with Crippen molar-refractivity contribution < 1.29 is 9.59 Å². The summed E-state index contributed by atoms with van der Waals surface area (Å²) in [5.41, 5.74) is 8.52. The molecule has 0 spiro atoms. The Morgan fingerprint density at radius 1 is 1.15 bits per heavy atom. The highest BCUT2D eigenvalue weighted by molar-refractivity contribution is 8.00. The lowest BCUT2D eigenvalue weighted by molar-refractivity contribution is -0.125. The highest BCUT2D eigenvalue weighted by atomic mass is 35.5. The van der Waals surface area contributed by atoms with Crippen molar-refractivity contribution in [3.8, 4) is 0 Å². The number of nitrogens with one attached hydrogen (secondary N) is 4. The van der Waals surface area contributed by atoms with Gasteiger partial charge >= 0.3 is 0 Å². The third-order valence-corrected chi connectivity index (χ3v) is 5.40. The number of benzene rings is 2. The molecule has 2 amide bonds. The number of halogens is 1. The Morgan fingerprint density at radius 2 is 1.89 bits per heavy atom. The molecule has 2 aromatic rings. The van der Waals surface area contributed by atoms with Gasteiger partial charge in [-0.3, -0.25) is 9.59 Å². The SMILES string of the molecule is Cc1ccc(CC2NNC(SCC(=O)Nc3ccccc3Cl)NC2=O)cc1. The highest BCUT2D eigenvalue weighted by Crippen LogP contribution is 2.21. The summed E-state index contributed by atoms with van der Waals surface area (Å²) in [5.74, 6) is -0.114. The first kappa shape index (κ1) is 19.7.